The summed E-state index contributed by atoms with van der Waals surface area (Å²) in [4.78, 5) is 73.5. The minimum absolute atomic E-state index is 0.109. The van der Waals surface area contributed by atoms with Crippen LogP contribution in [-0.2, 0) is 65.4 Å². The summed E-state index contributed by atoms with van der Waals surface area (Å²) in [6.07, 6.45) is 77.7. The van der Waals surface area contributed by atoms with Crippen LogP contribution in [0.1, 0.15) is 504 Å². The number of hydrogen-bond acceptors (Lipinski definition) is 15. The zero-order chi connectivity index (χ0) is 82.9. The third-order valence-electron chi connectivity index (χ3n) is 22.5. The lowest BCUT2D eigenvalue weighted by atomic mass is 9.99. The number of carbonyl (C=O) groups is 4. The van der Waals surface area contributed by atoms with Crippen molar-refractivity contribution in [2.75, 3.05) is 39.6 Å². The van der Waals surface area contributed by atoms with Crippen LogP contribution in [0.4, 0.5) is 0 Å². The van der Waals surface area contributed by atoms with Gasteiger partial charge in [0.1, 0.15) is 19.3 Å². The fraction of sp³-hybridized carbons (Fsp3) is 0.957. The predicted octanol–water partition coefficient (Wildman–Crippen LogP) is 29.2. The lowest BCUT2D eigenvalue weighted by Crippen LogP contribution is -2.30. The highest BCUT2D eigenvalue weighted by molar-refractivity contribution is 7.47. The number of rotatable bonds is 92. The van der Waals surface area contributed by atoms with Gasteiger partial charge in [0.25, 0.3) is 0 Å². The standard InChI is InChI=1S/C94H184O17P2/c1-8-10-11-12-13-14-15-30-40-47-54-61-68-75-91(96)104-81-89(110-94(99)78-71-64-57-50-43-36-29-23-21-25-32-38-45-52-59-66-73-86(5)6)83-108-112(100,101)106-79-88(95)80-107-113(102,103)109-84-90(82-105-92(97)76-69-62-55-48-41-34-27-22-20-24-31-37-44-51-58-65-72-85(3)4)111-93(98)77-70-63-56-49-42-35-28-19-17-16-18-26-33-39-46-53-60-67-74-87(7)9-2/h85-90,95H,8-84H2,1-7H3,(H,100,101)(H,102,103)/t87?,88-,89+,90+/m0/s1. The largest absolute Gasteiger partial charge is 0.472 e. The van der Waals surface area contributed by atoms with Crippen LogP contribution in [0.3, 0.4) is 0 Å². The minimum Gasteiger partial charge on any atom is -0.462 e. The van der Waals surface area contributed by atoms with E-state index in [4.69, 9.17) is 37.0 Å². The highest BCUT2D eigenvalue weighted by Gasteiger charge is 2.31. The fourth-order valence-electron chi connectivity index (χ4n) is 14.8. The molecule has 3 N–H and O–H groups in total. The molecule has 6 atom stereocenters. The van der Waals surface area contributed by atoms with Crippen molar-refractivity contribution in [1.29, 1.82) is 0 Å². The Morgan fingerprint density at radius 1 is 0.257 bits per heavy atom. The minimum atomic E-state index is -4.97. The molecule has 0 amide bonds. The van der Waals surface area contributed by atoms with Crippen LogP contribution in [-0.4, -0.2) is 96.7 Å². The molecule has 0 aliphatic carbocycles. The molecule has 0 aromatic heterocycles. The van der Waals surface area contributed by atoms with Crippen molar-refractivity contribution >= 4 is 39.5 Å². The number of aliphatic hydroxyl groups excluding tert-OH is 1. The number of carbonyl (C=O) groups excluding carboxylic acids is 4. The molecule has 0 saturated carbocycles. The van der Waals surface area contributed by atoms with Gasteiger partial charge in [-0.15, -0.1) is 0 Å². The highest BCUT2D eigenvalue weighted by atomic mass is 31.2. The monoisotopic (exact) mass is 1650 g/mol. The van der Waals surface area contributed by atoms with Crippen molar-refractivity contribution in [3.05, 3.63) is 0 Å². The molecule has 0 saturated heterocycles. The number of ether oxygens (including phenoxy) is 4. The van der Waals surface area contributed by atoms with E-state index >= 15 is 0 Å². The van der Waals surface area contributed by atoms with Crippen LogP contribution in [0.25, 0.3) is 0 Å². The van der Waals surface area contributed by atoms with E-state index in [1.807, 2.05) is 0 Å². The van der Waals surface area contributed by atoms with Crippen LogP contribution in [0.15, 0.2) is 0 Å². The van der Waals surface area contributed by atoms with Crippen molar-refractivity contribution < 1.29 is 80.2 Å². The third kappa shape index (κ3) is 86.3. The van der Waals surface area contributed by atoms with Crippen molar-refractivity contribution in [1.82, 2.24) is 0 Å². The van der Waals surface area contributed by atoms with Gasteiger partial charge in [0.05, 0.1) is 26.4 Å². The second kappa shape index (κ2) is 83.7. The second-order valence-corrected chi connectivity index (χ2v) is 37.9. The van der Waals surface area contributed by atoms with E-state index in [2.05, 4.69) is 48.5 Å². The zero-order valence-corrected chi connectivity index (χ0v) is 76.7. The first-order chi connectivity index (χ1) is 54.8. The van der Waals surface area contributed by atoms with E-state index in [-0.39, 0.29) is 25.7 Å². The molecule has 113 heavy (non-hydrogen) atoms. The molecule has 0 fully saturated rings. The van der Waals surface area contributed by atoms with Gasteiger partial charge in [-0.3, -0.25) is 37.3 Å². The Kier molecular flexibility index (Phi) is 82.3. The summed E-state index contributed by atoms with van der Waals surface area (Å²) in [5, 5.41) is 10.7. The van der Waals surface area contributed by atoms with Gasteiger partial charge in [-0.05, 0) is 43.4 Å². The van der Waals surface area contributed by atoms with Crippen molar-refractivity contribution in [2.24, 2.45) is 17.8 Å². The molecule has 0 heterocycles. The van der Waals surface area contributed by atoms with E-state index < -0.39 is 97.5 Å². The van der Waals surface area contributed by atoms with E-state index in [0.29, 0.717) is 25.7 Å². The Bertz CT molecular complexity index is 2170. The molecule has 0 aliphatic heterocycles. The molecule has 0 aliphatic rings. The topological polar surface area (TPSA) is 237 Å². The summed E-state index contributed by atoms with van der Waals surface area (Å²) in [6.45, 7) is 12.2. The van der Waals surface area contributed by atoms with Gasteiger partial charge in [-0.1, -0.05) is 453 Å². The number of phosphoric ester groups is 2. The summed E-state index contributed by atoms with van der Waals surface area (Å²) in [5.41, 5.74) is 0. The highest BCUT2D eigenvalue weighted by Crippen LogP contribution is 2.45. The average Bonchev–Trinajstić information content (AvgIpc) is 0.891. The molecule has 0 aromatic carbocycles. The Labute approximate surface area is 696 Å². The Hall–Kier alpha value is -1.94. The number of phosphoric acid groups is 2. The molecular formula is C94H184O17P2. The van der Waals surface area contributed by atoms with E-state index in [0.717, 1.165) is 108 Å². The fourth-order valence-corrected chi connectivity index (χ4v) is 16.3. The first-order valence-electron chi connectivity index (χ1n) is 48.4. The smallest absolute Gasteiger partial charge is 0.462 e. The second-order valence-electron chi connectivity index (χ2n) is 35.0. The Morgan fingerprint density at radius 2 is 0.451 bits per heavy atom. The molecule has 0 bridgehead atoms. The zero-order valence-electron chi connectivity index (χ0n) is 74.9. The SMILES string of the molecule is CCCCCCCCCCCCCCCC(=O)OC[C@H](COP(=O)(O)OC[C@H](O)COP(=O)(O)OC[C@@H](COC(=O)CCCCCCCCCCCCCCCCCCC(C)C)OC(=O)CCCCCCCCCCCCCCCCCCCCC(C)CC)OC(=O)CCCCCCCCCCCCCCCCCCC(C)C. The van der Waals surface area contributed by atoms with Gasteiger partial charge in [0, 0.05) is 25.7 Å². The lowest BCUT2D eigenvalue weighted by Gasteiger charge is -2.21. The molecule has 0 radical (unpaired) electrons. The number of hydrogen-bond donors (Lipinski definition) is 3. The third-order valence-corrected chi connectivity index (χ3v) is 24.4. The molecule has 0 aromatic rings. The van der Waals surface area contributed by atoms with Gasteiger partial charge in [0.2, 0.25) is 0 Å². The average molecular weight is 1650 g/mol. The lowest BCUT2D eigenvalue weighted by molar-refractivity contribution is -0.161. The summed E-state index contributed by atoms with van der Waals surface area (Å²) in [7, 11) is -9.94. The number of unbranched alkanes of at least 4 members (excludes halogenated alkanes) is 59. The maximum absolute atomic E-state index is 13.2. The molecule has 17 nitrogen and oxygen atoms in total. The first kappa shape index (κ1) is 111. The van der Waals surface area contributed by atoms with E-state index in [1.165, 1.54) is 315 Å². The van der Waals surface area contributed by atoms with Gasteiger partial charge in [0.15, 0.2) is 12.2 Å². The normalized spacial score (nSPS) is 14.0. The maximum atomic E-state index is 13.2. The molecule has 672 valence electrons. The van der Waals surface area contributed by atoms with Gasteiger partial charge in [-0.25, -0.2) is 9.13 Å². The van der Waals surface area contributed by atoms with E-state index in [9.17, 15) is 43.2 Å². The van der Waals surface area contributed by atoms with Crippen molar-refractivity contribution in [3.8, 4) is 0 Å². The van der Waals surface area contributed by atoms with Crippen LogP contribution < -0.4 is 0 Å². The van der Waals surface area contributed by atoms with E-state index in [1.54, 1.807) is 0 Å². The first-order valence-corrected chi connectivity index (χ1v) is 51.4. The van der Waals surface area contributed by atoms with Gasteiger partial charge >= 0.3 is 39.5 Å². The van der Waals surface area contributed by atoms with Gasteiger partial charge < -0.3 is 33.8 Å². The van der Waals surface area contributed by atoms with Crippen LogP contribution in [0.2, 0.25) is 0 Å². The number of aliphatic hydroxyl groups is 1. The quantitative estimate of drug-likeness (QED) is 0.0222. The molecular weight excluding hydrogens is 1460 g/mol. The Morgan fingerprint density at radius 3 is 0.673 bits per heavy atom. The van der Waals surface area contributed by atoms with Crippen LogP contribution >= 0.6 is 15.6 Å². The van der Waals surface area contributed by atoms with Crippen molar-refractivity contribution in [2.45, 2.75) is 523 Å². The molecule has 3 unspecified atom stereocenters. The molecule has 0 rings (SSSR count). The maximum Gasteiger partial charge on any atom is 0.472 e. The van der Waals surface area contributed by atoms with Gasteiger partial charge in [-0.2, -0.15) is 0 Å². The summed E-state index contributed by atoms with van der Waals surface area (Å²) in [6, 6.07) is 0. The van der Waals surface area contributed by atoms with Crippen LogP contribution in [0.5, 0.6) is 0 Å². The van der Waals surface area contributed by atoms with Crippen molar-refractivity contribution in [3.63, 3.8) is 0 Å². The van der Waals surface area contributed by atoms with Crippen LogP contribution in [0, 0.1) is 17.8 Å². The predicted molar refractivity (Wildman–Crippen MR) is 469 cm³/mol. The Balaban J connectivity index is 5.26. The summed E-state index contributed by atoms with van der Waals surface area (Å²) < 4.78 is 69.2. The molecule has 19 heteroatoms. The number of esters is 4. The molecule has 0 spiro atoms. The summed E-state index contributed by atoms with van der Waals surface area (Å²) in [5.74, 6) is 0.401. The summed E-state index contributed by atoms with van der Waals surface area (Å²) >= 11 is 0.